The molecule has 0 saturated heterocycles. The Labute approximate surface area is 125 Å². The molecule has 0 bridgehead atoms. The van der Waals surface area contributed by atoms with Crippen molar-refractivity contribution in [2.75, 3.05) is 39.5 Å². The Morgan fingerprint density at radius 1 is 1.33 bits per heavy atom. The second kappa shape index (κ2) is 5.83. The highest BCUT2D eigenvalue weighted by Gasteiger charge is 2.24. The monoisotopic (exact) mass is 286 g/mol. The predicted octanol–water partition coefficient (Wildman–Crippen LogP) is 0.769. The summed E-state index contributed by atoms with van der Waals surface area (Å²) in [7, 11) is 4.20. The van der Waals surface area contributed by atoms with Crippen LogP contribution in [0.3, 0.4) is 0 Å². The van der Waals surface area contributed by atoms with Crippen LogP contribution in [0.1, 0.15) is 11.3 Å². The molecule has 0 fully saturated rings. The molecule has 3 rings (SSSR count). The summed E-state index contributed by atoms with van der Waals surface area (Å²) < 4.78 is 1.76. The van der Waals surface area contributed by atoms with Crippen molar-refractivity contribution in [3.63, 3.8) is 0 Å². The molecule has 0 saturated carbocycles. The van der Waals surface area contributed by atoms with Crippen LogP contribution in [0.2, 0.25) is 0 Å². The van der Waals surface area contributed by atoms with E-state index in [1.807, 2.05) is 18.2 Å². The lowest BCUT2D eigenvalue weighted by molar-refractivity contribution is 0.225. The van der Waals surface area contributed by atoms with Gasteiger partial charge in [0.05, 0.1) is 5.69 Å². The molecule has 0 aromatic carbocycles. The molecule has 1 aliphatic rings. The van der Waals surface area contributed by atoms with Crippen LogP contribution in [0.25, 0.3) is 5.82 Å². The van der Waals surface area contributed by atoms with E-state index in [0.29, 0.717) is 0 Å². The Kier molecular flexibility index (Phi) is 3.90. The molecule has 1 aliphatic heterocycles. The molecule has 0 atom stereocenters. The highest BCUT2D eigenvalue weighted by atomic mass is 15.4. The van der Waals surface area contributed by atoms with Crippen molar-refractivity contribution < 1.29 is 0 Å². The third kappa shape index (κ3) is 2.91. The third-order valence-corrected chi connectivity index (χ3v) is 3.88. The van der Waals surface area contributed by atoms with E-state index in [9.17, 15) is 0 Å². The Hall–Kier alpha value is -1.92. The van der Waals surface area contributed by atoms with Crippen LogP contribution in [0.5, 0.6) is 0 Å². The van der Waals surface area contributed by atoms with Crippen molar-refractivity contribution in [2.45, 2.75) is 13.0 Å². The number of fused-ring (bicyclic) bond motifs is 1. The maximum atomic E-state index is 6.30. The van der Waals surface area contributed by atoms with Gasteiger partial charge in [0.1, 0.15) is 5.82 Å². The summed E-state index contributed by atoms with van der Waals surface area (Å²) >= 11 is 0. The van der Waals surface area contributed by atoms with E-state index in [2.05, 4.69) is 34.0 Å². The van der Waals surface area contributed by atoms with E-state index >= 15 is 0 Å². The number of likely N-dealkylation sites (N-methyl/N-ethyl adjacent to an activating group) is 1. The molecule has 6 heteroatoms. The second-order valence-corrected chi connectivity index (χ2v) is 5.74. The summed E-state index contributed by atoms with van der Waals surface area (Å²) in [5, 5.41) is 4.64. The number of hydrogen-bond donors (Lipinski definition) is 1. The minimum absolute atomic E-state index is 0.721. The van der Waals surface area contributed by atoms with E-state index in [0.717, 1.165) is 55.5 Å². The van der Waals surface area contributed by atoms with Gasteiger partial charge in [-0.1, -0.05) is 6.07 Å². The van der Waals surface area contributed by atoms with Gasteiger partial charge in [-0.3, -0.25) is 4.90 Å². The standard InChI is InChI=1S/C15H22N6/c1-19(2)9-10-20-8-6-13-12(11-20)15(16)21(18-13)14-5-3-4-7-17-14/h3-5,7H,6,8-11,16H2,1-2H3. The fourth-order valence-corrected chi connectivity index (χ4v) is 2.64. The summed E-state index contributed by atoms with van der Waals surface area (Å²) in [6.07, 6.45) is 2.71. The average Bonchev–Trinajstić information content (AvgIpc) is 2.83. The van der Waals surface area contributed by atoms with Gasteiger partial charge >= 0.3 is 0 Å². The van der Waals surface area contributed by atoms with Crippen molar-refractivity contribution in [1.82, 2.24) is 24.6 Å². The van der Waals surface area contributed by atoms with Gasteiger partial charge in [0.15, 0.2) is 5.82 Å². The zero-order valence-corrected chi connectivity index (χ0v) is 12.7. The van der Waals surface area contributed by atoms with E-state index in [-0.39, 0.29) is 0 Å². The van der Waals surface area contributed by atoms with Crippen molar-refractivity contribution in [1.29, 1.82) is 0 Å². The molecule has 0 aliphatic carbocycles. The lowest BCUT2D eigenvalue weighted by atomic mass is 10.1. The van der Waals surface area contributed by atoms with Gasteiger partial charge in [0, 0.05) is 44.4 Å². The summed E-state index contributed by atoms with van der Waals surface area (Å²) in [5.74, 6) is 1.50. The number of nitrogen functional groups attached to an aromatic ring is 1. The zero-order valence-electron chi connectivity index (χ0n) is 12.7. The number of pyridine rings is 1. The Morgan fingerprint density at radius 2 is 2.19 bits per heavy atom. The van der Waals surface area contributed by atoms with Crippen molar-refractivity contribution in [2.24, 2.45) is 0 Å². The average molecular weight is 286 g/mol. The van der Waals surface area contributed by atoms with Gasteiger partial charge in [-0.2, -0.15) is 9.78 Å². The molecule has 6 nitrogen and oxygen atoms in total. The fraction of sp³-hybridized carbons (Fsp3) is 0.467. The molecular weight excluding hydrogens is 264 g/mol. The van der Waals surface area contributed by atoms with Gasteiger partial charge in [0.25, 0.3) is 0 Å². The second-order valence-electron chi connectivity index (χ2n) is 5.74. The topological polar surface area (TPSA) is 63.2 Å². The summed E-state index contributed by atoms with van der Waals surface area (Å²) in [6.45, 7) is 4.03. The van der Waals surface area contributed by atoms with Crippen LogP contribution < -0.4 is 5.73 Å². The minimum Gasteiger partial charge on any atom is -0.383 e. The van der Waals surface area contributed by atoms with Crippen LogP contribution in [0.15, 0.2) is 24.4 Å². The summed E-state index contributed by atoms with van der Waals surface area (Å²) in [6, 6.07) is 5.77. The van der Waals surface area contributed by atoms with Crippen LogP contribution in [-0.4, -0.2) is 58.3 Å². The Morgan fingerprint density at radius 3 is 2.90 bits per heavy atom. The number of rotatable bonds is 4. The molecule has 0 amide bonds. The molecule has 0 spiro atoms. The number of nitrogens with zero attached hydrogens (tertiary/aromatic N) is 5. The van der Waals surface area contributed by atoms with Crippen molar-refractivity contribution in [3.05, 3.63) is 35.7 Å². The molecule has 2 aromatic rings. The zero-order chi connectivity index (χ0) is 14.8. The lowest BCUT2D eigenvalue weighted by Crippen LogP contribution is -2.35. The largest absolute Gasteiger partial charge is 0.383 e. The van der Waals surface area contributed by atoms with Gasteiger partial charge < -0.3 is 10.6 Å². The van der Waals surface area contributed by atoms with Gasteiger partial charge in [-0.25, -0.2) is 4.98 Å². The van der Waals surface area contributed by atoms with E-state index in [4.69, 9.17) is 5.73 Å². The molecule has 0 unspecified atom stereocenters. The Bertz CT molecular complexity index is 604. The Balaban J connectivity index is 1.82. The lowest BCUT2D eigenvalue weighted by Gasteiger charge is -2.27. The van der Waals surface area contributed by atoms with Crippen molar-refractivity contribution in [3.8, 4) is 5.82 Å². The molecular formula is C15H22N6. The quantitative estimate of drug-likeness (QED) is 0.899. The van der Waals surface area contributed by atoms with Gasteiger partial charge in [-0.05, 0) is 26.2 Å². The molecule has 21 heavy (non-hydrogen) atoms. The number of aromatic nitrogens is 3. The highest BCUT2D eigenvalue weighted by Crippen LogP contribution is 2.25. The number of nitrogens with two attached hydrogens (primary N) is 1. The number of hydrogen-bond acceptors (Lipinski definition) is 5. The van der Waals surface area contributed by atoms with Crippen molar-refractivity contribution >= 4 is 5.82 Å². The minimum atomic E-state index is 0.721. The normalized spacial score (nSPS) is 15.4. The van der Waals surface area contributed by atoms with Gasteiger partial charge in [-0.15, -0.1) is 0 Å². The van der Waals surface area contributed by atoms with Crippen LogP contribution in [0, 0.1) is 0 Å². The van der Waals surface area contributed by atoms with Gasteiger partial charge in [0.2, 0.25) is 0 Å². The van der Waals surface area contributed by atoms with E-state index in [1.165, 1.54) is 0 Å². The first kappa shape index (κ1) is 14.0. The first-order valence-corrected chi connectivity index (χ1v) is 7.30. The third-order valence-electron chi connectivity index (χ3n) is 3.88. The van der Waals surface area contributed by atoms with Crippen LogP contribution >= 0.6 is 0 Å². The van der Waals surface area contributed by atoms with E-state index in [1.54, 1.807) is 10.9 Å². The predicted molar refractivity (Wildman–Crippen MR) is 83.3 cm³/mol. The summed E-state index contributed by atoms with van der Waals surface area (Å²) in [5.41, 5.74) is 8.57. The SMILES string of the molecule is CN(C)CCN1CCc2nn(-c3ccccn3)c(N)c2C1. The molecule has 2 N–H and O–H groups in total. The fourth-order valence-electron chi connectivity index (χ4n) is 2.64. The smallest absolute Gasteiger partial charge is 0.155 e. The van der Waals surface area contributed by atoms with E-state index < -0.39 is 0 Å². The maximum absolute atomic E-state index is 6.30. The summed E-state index contributed by atoms with van der Waals surface area (Å²) in [4.78, 5) is 8.97. The number of anilines is 1. The molecule has 2 aromatic heterocycles. The highest BCUT2D eigenvalue weighted by molar-refractivity contribution is 5.49. The maximum Gasteiger partial charge on any atom is 0.155 e. The molecule has 3 heterocycles. The van der Waals surface area contributed by atoms with Crippen LogP contribution in [0.4, 0.5) is 5.82 Å². The first-order chi connectivity index (χ1) is 10.1. The molecule has 0 radical (unpaired) electrons. The molecule has 112 valence electrons. The first-order valence-electron chi connectivity index (χ1n) is 7.30. The van der Waals surface area contributed by atoms with Crippen LogP contribution in [-0.2, 0) is 13.0 Å².